The van der Waals surface area contributed by atoms with E-state index in [-0.39, 0.29) is 5.91 Å². The van der Waals surface area contributed by atoms with Crippen LogP contribution in [-0.2, 0) is 14.8 Å². The van der Waals surface area contributed by atoms with Gasteiger partial charge in [0.2, 0.25) is 15.9 Å². The first-order valence-electron chi connectivity index (χ1n) is 9.63. The van der Waals surface area contributed by atoms with E-state index >= 15 is 0 Å². The Morgan fingerprint density at radius 1 is 1.13 bits per heavy atom. The van der Waals surface area contributed by atoms with Gasteiger partial charge in [0, 0.05) is 35.1 Å². The van der Waals surface area contributed by atoms with Crippen molar-refractivity contribution >= 4 is 49.8 Å². The number of sulfonamides is 1. The average molecular weight is 476 g/mol. The minimum Gasteiger partial charge on any atom is -0.302 e. The van der Waals surface area contributed by atoms with Crippen molar-refractivity contribution in [2.75, 3.05) is 28.7 Å². The molecule has 1 aromatic heterocycles. The number of anilines is 2. The molecule has 0 spiro atoms. The molecule has 9 heteroatoms. The lowest BCUT2D eigenvalue weighted by Crippen LogP contribution is -2.24. The van der Waals surface area contributed by atoms with Crippen molar-refractivity contribution in [3.63, 3.8) is 0 Å². The number of nitrogens with zero attached hydrogens (tertiary/aromatic N) is 2. The van der Waals surface area contributed by atoms with Crippen molar-refractivity contribution < 1.29 is 13.2 Å². The Bertz CT molecular complexity index is 1170. The molecule has 0 atom stereocenters. The number of nitrogens with one attached hydrogen (secondary N) is 1. The van der Waals surface area contributed by atoms with Gasteiger partial charge in [-0.3, -0.25) is 9.10 Å². The maximum atomic E-state index is 12.3. The van der Waals surface area contributed by atoms with Gasteiger partial charge in [0.05, 0.1) is 17.6 Å². The second-order valence-electron chi connectivity index (χ2n) is 7.21. The van der Waals surface area contributed by atoms with Gasteiger partial charge in [0.15, 0.2) is 5.13 Å². The molecule has 6 nitrogen and oxygen atoms in total. The van der Waals surface area contributed by atoms with Crippen LogP contribution in [0.25, 0.3) is 11.3 Å². The van der Waals surface area contributed by atoms with Crippen molar-refractivity contribution in [2.24, 2.45) is 0 Å². The molecular weight excluding hydrogens is 450 g/mol. The van der Waals surface area contributed by atoms with Crippen LogP contribution in [0.3, 0.4) is 0 Å². The summed E-state index contributed by atoms with van der Waals surface area (Å²) in [6.07, 6.45) is 1.57. The van der Waals surface area contributed by atoms with E-state index in [2.05, 4.69) is 42.3 Å². The van der Waals surface area contributed by atoms with Crippen molar-refractivity contribution in [3.8, 4) is 11.3 Å². The first kappa shape index (κ1) is 23.3. The van der Waals surface area contributed by atoms with E-state index in [1.807, 2.05) is 17.5 Å². The van der Waals surface area contributed by atoms with E-state index in [1.165, 1.54) is 33.8 Å². The summed E-state index contributed by atoms with van der Waals surface area (Å²) in [5, 5.41) is 5.28. The monoisotopic (exact) mass is 475 g/mol. The number of hydrogen-bond donors (Lipinski definition) is 1. The van der Waals surface area contributed by atoms with Gasteiger partial charge in [-0.1, -0.05) is 18.2 Å². The number of benzene rings is 2. The molecule has 3 aromatic rings. The van der Waals surface area contributed by atoms with E-state index in [0.29, 0.717) is 23.0 Å². The summed E-state index contributed by atoms with van der Waals surface area (Å²) in [5.74, 6) is 0.629. The maximum Gasteiger partial charge on any atom is 0.231 e. The van der Waals surface area contributed by atoms with Gasteiger partial charge in [-0.05, 0) is 49.2 Å². The van der Waals surface area contributed by atoms with E-state index in [0.717, 1.165) is 22.4 Å². The first-order chi connectivity index (χ1) is 14.6. The van der Waals surface area contributed by atoms with Crippen LogP contribution in [0.1, 0.15) is 17.5 Å². The highest BCUT2D eigenvalue weighted by molar-refractivity contribution is 7.99. The number of rotatable bonds is 8. The quantitative estimate of drug-likeness (QED) is 0.467. The molecule has 0 fully saturated rings. The molecule has 164 valence electrons. The van der Waals surface area contributed by atoms with E-state index in [1.54, 1.807) is 23.9 Å². The fraction of sp³-hybridized carbons (Fsp3) is 0.273. The highest BCUT2D eigenvalue weighted by Crippen LogP contribution is 2.27. The molecular formula is C22H25N3O3S3. The Labute approximate surface area is 191 Å². The molecule has 0 saturated heterocycles. The standard InChI is InChI=1S/C22H25N3O3S3/c1-15-5-10-19(13-16(15)2)29-12-11-21(26)24-22-23-20(14-30-22)17-6-8-18(9-7-17)25(3)31(4,27)28/h5-10,13-14H,11-12H2,1-4H3,(H,23,24,26). The lowest BCUT2D eigenvalue weighted by Gasteiger charge is -2.16. The summed E-state index contributed by atoms with van der Waals surface area (Å²) in [4.78, 5) is 17.9. The molecule has 0 aliphatic heterocycles. The number of amides is 1. The highest BCUT2D eigenvalue weighted by Gasteiger charge is 2.13. The SMILES string of the molecule is Cc1ccc(SCCC(=O)Nc2nc(-c3ccc(N(C)S(C)(=O)=O)cc3)cs2)cc1C. The zero-order chi connectivity index (χ0) is 22.6. The van der Waals surface area contributed by atoms with Crippen LogP contribution in [0, 0.1) is 13.8 Å². The largest absolute Gasteiger partial charge is 0.302 e. The topological polar surface area (TPSA) is 79.4 Å². The van der Waals surface area contributed by atoms with Crippen LogP contribution in [0.15, 0.2) is 52.7 Å². The van der Waals surface area contributed by atoms with Crippen molar-refractivity contribution in [2.45, 2.75) is 25.2 Å². The van der Waals surface area contributed by atoms with E-state index in [9.17, 15) is 13.2 Å². The Hall–Kier alpha value is -2.36. The zero-order valence-electron chi connectivity index (χ0n) is 17.9. The summed E-state index contributed by atoms with van der Waals surface area (Å²) in [5.41, 5.74) is 4.68. The molecule has 1 amide bonds. The summed E-state index contributed by atoms with van der Waals surface area (Å²) < 4.78 is 24.5. The molecule has 0 aliphatic rings. The summed E-state index contributed by atoms with van der Waals surface area (Å²) in [7, 11) is -1.79. The first-order valence-corrected chi connectivity index (χ1v) is 13.3. The van der Waals surface area contributed by atoms with Crippen LogP contribution < -0.4 is 9.62 Å². The number of hydrogen-bond acceptors (Lipinski definition) is 6. The highest BCUT2D eigenvalue weighted by atomic mass is 32.2. The van der Waals surface area contributed by atoms with E-state index in [4.69, 9.17) is 0 Å². The number of thiazole rings is 1. The third kappa shape index (κ3) is 6.32. The molecule has 0 bridgehead atoms. The Morgan fingerprint density at radius 3 is 2.48 bits per heavy atom. The van der Waals surface area contributed by atoms with Crippen molar-refractivity contribution in [1.29, 1.82) is 0 Å². The Kier molecular flexibility index (Phi) is 7.40. The average Bonchev–Trinajstić information content (AvgIpc) is 3.18. The van der Waals surface area contributed by atoms with Crippen molar-refractivity contribution in [3.05, 3.63) is 59.0 Å². The Balaban J connectivity index is 1.54. The van der Waals surface area contributed by atoms with Gasteiger partial charge < -0.3 is 5.32 Å². The van der Waals surface area contributed by atoms with Crippen molar-refractivity contribution in [1.82, 2.24) is 4.98 Å². The third-order valence-corrected chi connectivity index (χ3v) is 7.81. The van der Waals surface area contributed by atoms with Gasteiger partial charge in [-0.2, -0.15) is 0 Å². The lowest BCUT2D eigenvalue weighted by atomic mass is 10.1. The summed E-state index contributed by atoms with van der Waals surface area (Å²) >= 11 is 3.03. The molecule has 1 N–H and O–H groups in total. The van der Waals surface area contributed by atoms with Gasteiger partial charge in [0.25, 0.3) is 0 Å². The molecule has 0 aliphatic carbocycles. The van der Waals surface area contributed by atoms with Crippen LogP contribution in [0.5, 0.6) is 0 Å². The van der Waals surface area contributed by atoms with Gasteiger partial charge in [-0.25, -0.2) is 13.4 Å². The number of aryl methyl sites for hydroxylation is 2. The Morgan fingerprint density at radius 2 is 1.84 bits per heavy atom. The molecule has 3 rings (SSSR count). The molecule has 2 aromatic carbocycles. The minimum atomic E-state index is -3.30. The molecule has 0 radical (unpaired) electrons. The van der Waals surface area contributed by atoms with Gasteiger partial charge in [-0.15, -0.1) is 23.1 Å². The van der Waals surface area contributed by atoms with E-state index < -0.39 is 10.0 Å². The number of aromatic nitrogens is 1. The van der Waals surface area contributed by atoms with Crippen LogP contribution in [0.2, 0.25) is 0 Å². The minimum absolute atomic E-state index is 0.0673. The zero-order valence-corrected chi connectivity index (χ0v) is 20.3. The second kappa shape index (κ2) is 9.84. The second-order valence-corrected chi connectivity index (χ2v) is 11.2. The summed E-state index contributed by atoms with van der Waals surface area (Å²) in [6, 6.07) is 13.4. The smallest absolute Gasteiger partial charge is 0.231 e. The predicted molar refractivity (Wildman–Crippen MR) is 131 cm³/mol. The molecule has 0 unspecified atom stereocenters. The fourth-order valence-corrected chi connectivity index (χ4v) is 4.93. The number of thioether (sulfide) groups is 1. The van der Waals surface area contributed by atoms with Crippen LogP contribution in [0.4, 0.5) is 10.8 Å². The fourth-order valence-electron chi connectivity index (χ4n) is 2.74. The lowest BCUT2D eigenvalue weighted by molar-refractivity contribution is -0.115. The number of carbonyl (C=O) groups is 1. The van der Waals surface area contributed by atoms with Gasteiger partial charge >= 0.3 is 0 Å². The third-order valence-electron chi connectivity index (χ3n) is 4.85. The predicted octanol–water partition coefficient (Wildman–Crippen LogP) is 4.94. The maximum absolute atomic E-state index is 12.3. The normalized spacial score (nSPS) is 11.4. The van der Waals surface area contributed by atoms with Crippen LogP contribution >= 0.6 is 23.1 Å². The summed E-state index contributed by atoms with van der Waals surface area (Å²) in [6.45, 7) is 4.17. The molecule has 1 heterocycles. The molecule has 31 heavy (non-hydrogen) atoms. The molecule has 0 saturated carbocycles. The van der Waals surface area contributed by atoms with Gasteiger partial charge in [0.1, 0.15) is 0 Å². The van der Waals surface area contributed by atoms with Crippen LogP contribution in [-0.4, -0.2) is 38.4 Å². The number of carbonyl (C=O) groups excluding carboxylic acids is 1.